The highest BCUT2D eigenvalue weighted by Gasteiger charge is 2.38. The maximum Gasteiger partial charge on any atom is 0.322 e. The molecule has 0 bridgehead atoms. The van der Waals surface area contributed by atoms with Gasteiger partial charge in [-0.05, 0) is 12.8 Å². The first-order chi connectivity index (χ1) is 8.49. The molecule has 7 nitrogen and oxygen atoms in total. The van der Waals surface area contributed by atoms with Crippen LogP contribution in [0.15, 0.2) is 0 Å². The standard InChI is InChI=1S/C10H19NO6S/c1-16-5-6-17-7-8-18(14,15)11-4-2-3-9(11)10(12)13/h9H,2-8H2,1H3,(H,12,13). The van der Waals surface area contributed by atoms with Crippen molar-refractivity contribution in [2.75, 3.05) is 39.2 Å². The van der Waals surface area contributed by atoms with Crippen LogP contribution in [-0.4, -0.2) is 69.1 Å². The van der Waals surface area contributed by atoms with Crippen molar-refractivity contribution in [3.05, 3.63) is 0 Å². The van der Waals surface area contributed by atoms with Crippen LogP contribution in [0.5, 0.6) is 0 Å². The average Bonchev–Trinajstić information content (AvgIpc) is 2.78. The van der Waals surface area contributed by atoms with Gasteiger partial charge in [-0.3, -0.25) is 4.79 Å². The van der Waals surface area contributed by atoms with Gasteiger partial charge in [0.25, 0.3) is 0 Å². The number of methoxy groups -OCH3 is 1. The zero-order valence-corrected chi connectivity index (χ0v) is 11.2. The Kier molecular flexibility index (Phi) is 6.00. The molecule has 8 heteroatoms. The van der Waals surface area contributed by atoms with E-state index in [-0.39, 0.29) is 18.9 Å². The summed E-state index contributed by atoms with van der Waals surface area (Å²) in [6, 6.07) is -0.922. The molecular formula is C10H19NO6S. The number of hydrogen-bond acceptors (Lipinski definition) is 5. The zero-order chi connectivity index (χ0) is 13.6. The summed E-state index contributed by atoms with van der Waals surface area (Å²) in [5, 5.41) is 8.93. The van der Waals surface area contributed by atoms with E-state index in [2.05, 4.69) is 0 Å². The molecule has 0 aromatic rings. The van der Waals surface area contributed by atoms with Gasteiger partial charge in [0, 0.05) is 13.7 Å². The van der Waals surface area contributed by atoms with Gasteiger partial charge in [-0.15, -0.1) is 0 Å². The molecule has 1 aliphatic rings. The van der Waals surface area contributed by atoms with Gasteiger partial charge >= 0.3 is 5.97 Å². The third-order valence-electron chi connectivity index (χ3n) is 2.76. The second-order valence-electron chi connectivity index (χ2n) is 4.03. The van der Waals surface area contributed by atoms with Gasteiger partial charge in [0.1, 0.15) is 6.04 Å². The third kappa shape index (κ3) is 4.20. The van der Waals surface area contributed by atoms with Crippen molar-refractivity contribution in [1.82, 2.24) is 4.31 Å². The summed E-state index contributed by atoms with van der Waals surface area (Å²) < 4.78 is 34.8. The minimum absolute atomic E-state index is 0.0501. The summed E-state index contributed by atoms with van der Waals surface area (Å²) in [5.41, 5.74) is 0. The smallest absolute Gasteiger partial charge is 0.322 e. The molecule has 1 aliphatic heterocycles. The first-order valence-corrected chi connectivity index (χ1v) is 7.39. The van der Waals surface area contributed by atoms with Gasteiger partial charge in [0.15, 0.2) is 0 Å². The van der Waals surface area contributed by atoms with Crippen LogP contribution in [0.3, 0.4) is 0 Å². The van der Waals surface area contributed by atoms with Crippen molar-refractivity contribution in [3.8, 4) is 0 Å². The van der Waals surface area contributed by atoms with Crippen LogP contribution in [0.2, 0.25) is 0 Å². The Balaban J connectivity index is 2.45. The molecular weight excluding hydrogens is 262 g/mol. The highest BCUT2D eigenvalue weighted by atomic mass is 32.2. The SMILES string of the molecule is COCCOCCS(=O)(=O)N1CCCC1C(=O)O. The Bertz CT molecular complexity index is 369. The molecule has 106 valence electrons. The lowest BCUT2D eigenvalue weighted by molar-refractivity contribution is -0.140. The number of aliphatic carboxylic acids is 1. The second-order valence-corrected chi connectivity index (χ2v) is 6.07. The van der Waals surface area contributed by atoms with E-state index < -0.39 is 22.0 Å². The molecule has 0 aromatic heterocycles. The van der Waals surface area contributed by atoms with Crippen LogP contribution < -0.4 is 0 Å². The maximum absolute atomic E-state index is 11.9. The van der Waals surface area contributed by atoms with Crippen molar-refractivity contribution in [2.45, 2.75) is 18.9 Å². The van der Waals surface area contributed by atoms with E-state index in [0.29, 0.717) is 26.1 Å². The van der Waals surface area contributed by atoms with Crippen molar-refractivity contribution in [1.29, 1.82) is 0 Å². The number of rotatable bonds is 8. The fourth-order valence-corrected chi connectivity index (χ4v) is 3.40. The Labute approximate surface area is 107 Å². The van der Waals surface area contributed by atoms with E-state index in [1.807, 2.05) is 0 Å². The van der Waals surface area contributed by atoms with Crippen LogP contribution >= 0.6 is 0 Å². The van der Waals surface area contributed by atoms with E-state index in [1.165, 1.54) is 7.11 Å². The van der Waals surface area contributed by atoms with Crippen molar-refractivity contribution >= 4 is 16.0 Å². The molecule has 0 amide bonds. The lowest BCUT2D eigenvalue weighted by Gasteiger charge is -2.20. The molecule has 0 spiro atoms. The molecule has 1 N–H and O–H groups in total. The lowest BCUT2D eigenvalue weighted by Crippen LogP contribution is -2.42. The Morgan fingerprint density at radius 2 is 2.11 bits per heavy atom. The molecule has 18 heavy (non-hydrogen) atoms. The molecule has 1 atom stereocenters. The second kappa shape index (κ2) is 7.03. The van der Waals surface area contributed by atoms with E-state index in [1.54, 1.807) is 0 Å². The van der Waals surface area contributed by atoms with Crippen LogP contribution in [-0.2, 0) is 24.3 Å². The summed E-state index contributed by atoms with van der Waals surface area (Å²) in [7, 11) is -2.03. The highest BCUT2D eigenvalue weighted by molar-refractivity contribution is 7.89. The van der Waals surface area contributed by atoms with Crippen LogP contribution in [0.4, 0.5) is 0 Å². The quantitative estimate of drug-likeness (QED) is 0.604. The Morgan fingerprint density at radius 1 is 1.39 bits per heavy atom. The van der Waals surface area contributed by atoms with E-state index in [9.17, 15) is 13.2 Å². The van der Waals surface area contributed by atoms with Gasteiger partial charge in [0.05, 0.1) is 25.6 Å². The normalized spacial score (nSPS) is 21.3. The van der Waals surface area contributed by atoms with E-state index in [0.717, 1.165) is 4.31 Å². The van der Waals surface area contributed by atoms with Gasteiger partial charge in [-0.25, -0.2) is 8.42 Å². The van der Waals surface area contributed by atoms with Crippen LogP contribution in [0, 0.1) is 0 Å². The first-order valence-electron chi connectivity index (χ1n) is 5.78. The first kappa shape index (κ1) is 15.4. The molecule has 1 rings (SSSR count). The minimum atomic E-state index is -3.55. The fourth-order valence-electron chi connectivity index (χ4n) is 1.85. The molecule has 1 saturated heterocycles. The summed E-state index contributed by atoms with van der Waals surface area (Å²) in [4.78, 5) is 10.9. The van der Waals surface area contributed by atoms with Gasteiger partial charge < -0.3 is 14.6 Å². The van der Waals surface area contributed by atoms with Crippen molar-refractivity contribution in [3.63, 3.8) is 0 Å². The number of carbonyl (C=O) groups is 1. The summed E-state index contributed by atoms with van der Waals surface area (Å²) >= 11 is 0. The zero-order valence-electron chi connectivity index (χ0n) is 10.4. The predicted molar refractivity (Wildman–Crippen MR) is 63.8 cm³/mol. The molecule has 0 aromatic carbocycles. The predicted octanol–water partition coefficient (Wildman–Crippen LogP) is -0.472. The van der Waals surface area contributed by atoms with Gasteiger partial charge in [-0.2, -0.15) is 4.31 Å². The summed E-state index contributed by atoms with van der Waals surface area (Å²) in [5.74, 6) is -1.28. The number of sulfonamides is 1. The Morgan fingerprint density at radius 3 is 2.72 bits per heavy atom. The van der Waals surface area contributed by atoms with Gasteiger partial charge in [-0.1, -0.05) is 0 Å². The monoisotopic (exact) mass is 281 g/mol. The third-order valence-corrected chi connectivity index (χ3v) is 4.60. The highest BCUT2D eigenvalue weighted by Crippen LogP contribution is 2.21. The maximum atomic E-state index is 11.9. The van der Waals surface area contributed by atoms with Crippen LogP contribution in [0.25, 0.3) is 0 Å². The number of nitrogens with zero attached hydrogens (tertiary/aromatic N) is 1. The van der Waals surface area contributed by atoms with E-state index in [4.69, 9.17) is 14.6 Å². The minimum Gasteiger partial charge on any atom is -0.480 e. The van der Waals surface area contributed by atoms with Crippen LogP contribution in [0.1, 0.15) is 12.8 Å². The largest absolute Gasteiger partial charge is 0.480 e. The Hall–Kier alpha value is -0.700. The molecule has 0 radical (unpaired) electrons. The molecule has 1 fully saturated rings. The van der Waals surface area contributed by atoms with Gasteiger partial charge in [0.2, 0.25) is 10.0 Å². The summed E-state index contributed by atoms with van der Waals surface area (Å²) in [6.07, 6.45) is 0.958. The topological polar surface area (TPSA) is 93.1 Å². The summed E-state index contributed by atoms with van der Waals surface area (Å²) in [6.45, 7) is 1.06. The van der Waals surface area contributed by atoms with Crippen molar-refractivity contribution < 1.29 is 27.8 Å². The number of carboxylic acid groups (broad SMARTS) is 1. The van der Waals surface area contributed by atoms with Crippen molar-refractivity contribution in [2.24, 2.45) is 0 Å². The fraction of sp³-hybridized carbons (Fsp3) is 0.900. The number of carboxylic acids is 1. The molecule has 1 heterocycles. The van der Waals surface area contributed by atoms with E-state index >= 15 is 0 Å². The average molecular weight is 281 g/mol. The molecule has 0 saturated carbocycles. The lowest BCUT2D eigenvalue weighted by atomic mass is 10.2. The molecule has 0 aliphatic carbocycles. The number of ether oxygens (including phenoxy) is 2. The molecule has 1 unspecified atom stereocenters. The number of hydrogen-bond donors (Lipinski definition) is 1.